The van der Waals surface area contributed by atoms with E-state index in [2.05, 4.69) is 195 Å². The monoisotopic (exact) mass is 613 g/mol. The van der Waals surface area contributed by atoms with Crippen molar-refractivity contribution in [3.05, 3.63) is 187 Å². The smallest absolute Gasteiger partial charge is 0.0462 e. The first-order valence-corrected chi connectivity index (χ1v) is 16.8. The van der Waals surface area contributed by atoms with Gasteiger partial charge in [0.15, 0.2) is 0 Å². The Kier molecular flexibility index (Phi) is 6.55. The molecule has 0 atom stereocenters. The van der Waals surface area contributed by atoms with Gasteiger partial charge in [-0.3, -0.25) is 0 Å². The summed E-state index contributed by atoms with van der Waals surface area (Å²) in [7, 11) is 0. The first-order valence-electron chi connectivity index (χ1n) is 16.8. The summed E-state index contributed by atoms with van der Waals surface area (Å²) >= 11 is 0. The highest BCUT2D eigenvalue weighted by Crippen LogP contribution is 2.54. The highest BCUT2D eigenvalue weighted by atomic mass is 15.1. The third-order valence-electron chi connectivity index (χ3n) is 10.2. The van der Waals surface area contributed by atoms with Crippen molar-refractivity contribution in [2.75, 3.05) is 4.90 Å². The Bertz CT molecular complexity index is 2360. The molecule has 0 amide bonds. The van der Waals surface area contributed by atoms with E-state index in [1.807, 2.05) is 0 Å². The Balaban J connectivity index is 1.26. The van der Waals surface area contributed by atoms with E-state index in [-0.39, 0.29) is 5.41 Å². The van der Waals surface area contributed by atoms with E-state index in [0.717, 1.165) is 17.1 Å². The zero-order chi connectivity index (χ0) is 32.2. The van der Waals surface area contributed by atoms with Crippen LogP contribution in [0.3, 0.4) is 0 Å². The molecule has 8 aromatic rings. The van der Waals surface area contributed by atoms with Crippen LogP contribution < -0.4 is 4.90 Å². The summed E-state index contributed by atoms with van der Waals surface area (Å²) in [6, 6.07) is 64.1. The molecule has 48 heavy (non-hydrogen) atoms. The van der Waals surface area contributed by atoms with E-state index in [1.54, 1.807) is 0 Å². The molecule has 0 N–H and O–H groups in total. The lowest BCUT2D eigenvalue weighted by atomic mass is 9.77. The molecule has 9 rings (SSSR count). The van der Waals surface area contributed by atoms with Crippen LogP contribution in [0.15, 0.2) is 176 Å². The third kappa shape index (κ3) is 4.32. The zero-order valence-electron chi connectivity index (χ0n) is 27.2. The lowest BCUT2D eigenvalue weighted by Gasteiger charge is -2.27. The summed E-state index contributed by atoms with van der Waals surface area (Å²) < 4.78 is 0. The number of benzene rings is 8. The normalized spacial score (nSPS) is 13.0. The minimum absolute atomic E-state index is 0.109. The number of hydrogen-bond donors (Lipinski definition) is 0. The van der Waals surface area contributed by atoms with Gasteiger partial charge in [0, 0.05) is 22.5 Å². The van der Waals surface area contributed by atoms with Crippen molar-refractivity contribution in [2.24, 2.45) is 0 Å². The summed E-state index contributed by atoms with van der Waals surface area (Å²) in [6.45, 7) is 4.77. The predicted octanol–water partition coefficient (Wildman–Crippen LogP) is 13.1. The molecule has 0 bridgehead atoms. The summed E-state index contributed by atoms with van der Waals surface area (Å²) in [6.07, 6.45) is 0. The number of rotatable bonds is 5. The van der Waals surface area contributed by atoms with E-state index < -0.39 is 0 Å². The molecule has 0 heterocycles. The number of anilines is 3. The van der Waals surface area contributed by atoms with Gasteiger partial charge in [-0.05, 0) is 102 Å². The SMILES string of the molecule is CC1(C)c2ccccc2-c2cccc(-c3c4ccccc4c(-c4ccc(N(c5ccccc5)c5ccccc5)cc4)c4ccccc34)c21. The summed E-state index contributed by atoms with van der Waals surface area (Å²) in [5.41, 5.74) is 13.9. The molecule has 0 aromatic heterocycles. The minimum Gasteiger partial charge on any atom is -0.311 e. The van der Waals surface area contributed by atoms with Crippen molar-refractivity contribution >= 4 is 38.6 Å². The van der Waals surface area contributed by atoms with E-state index in [9.17, 15) is 0 Å². The van der Waals surface area contributed by atoms with Crippen LogP contribution in [0.5, 0.6) is 0 Å². The highest BCUT2D eigenvalue weighted by Gasteiger charge is 2.37. The van der Waals surface area contributed by atoms with Crippen molar-refractivity contribution < 1.29 is 0 Å². The van der Waals surface area contributed by atoms with Crippen molar-refractivity contribution in [2.45, 2.75) is 19.3 Å². The molecule has 1 aliphatic rings. The second kappa shape index (κ2) is 11.1. The third-order valence-corrected chi connectivity index (χ3v) is 10.2. The highest BCUT2D eigenvalue weighted by molar-refractivity contribution is 6.22. The van der Waals surface area contributed by atoms with Crippen LogP contribution in [-0.4, -0.2) is 0 Å². The Hall–Kier alpha value is -5.92. The van der Waals surface area contributed by atoms with Gasteiger partial charge in [-0.1, -0.05) is 153 Å². The zero-order valence-corrected chi connectivity index (χ0v) is 27.2. The van der Waals surface area contributed by atoms with E-state index >= 15 is 0 Å². The molecule has 1 nitrogen and oxygen atoms in total. The van der Waals surface area contributed by atoms with E-state index in [0.29, 0.717) is 0 Å². The molecule has 0 aliphatic heterocycles. The molecule has 1 aliphatic carbocycles. The van der Waals surface area contributed by atoms with Crippen LogP contribution in [0, 0.1) is 0 Å². The van der Waals surface area contributed by atoms with Gasteiger partial charge in [0.25, 0.3) is 0 Å². The molecule has 1 heteroatoms. The van der Waals surface area contributed by atoms with Crippen molar-refractivity contribution in [1.82, 2.24) is 0 Å². The van der Waals surface area contributed by atoms with Crippen molar-refractivity contribution in [1.29, 1.82) is 0 Å². The Morgan fingerprint density at radius 1 is 0.354 bits per heavy atom. The van der Waals surface area contributed by atoms with Crippen LogP contribution in [0.2, 0.25) is 0 Å². The molecule has 0 unspecified atom stereocenters. The number of para-hydroxylation sites is 2. The largest absolute Gasteiger partial charge is 0.311 e. The molecule has 0 spiro atoms. The number of nitrogens with zero attached hydrogens (tertiary/aromatic N) is 1. The predicted molar refractivity (Wildman–Crippen MR) is 205 cm³/mol. The quantitative estimate of drug-likeness (QED) is 0.175. The molecule has 228 valence electrons. The van der Waals surface area contributed by atoms with Crippen molar-refractivity contribution in [3.8, 4) is 33.4 Å². The Labute approximate surface area is 282 Å². The van der Waals surface area contributed by atoms with Gasteiger partial charge in [-0.2, -0.15) is 0 Å². The maximum absolute atomic E-state index is 2.38. The number of fused-ring (bicyclic) bond motifs is 5. The summed E-state index contributed by atoms with van der Waals surface area (Å²) in [4.78, 5) is 2.32. The van der Waals surface area contributed by atoms with Crippen LogP contribution in [0.1, 0.15) is 25.0 Å². The molecule has 0 saturated carbocycles. The van der Waals surface area contributed by atoms with Crippen LogP contribution >= 0.6 is 0 Å². The lowest BCUT2D eigenvalue weighted by molar-refractivity contribution is 0.662. The van der Waals surface area contributed by atoms with E-state index in [1.165, 1.54) is 66.1 Å². The lowest BCUT2D eigenvalue weighted by Crippen LogP contribution is -2.16. The summed E-state index contributed by atoms with van der Waals surface area (Å²) in [5, 5.41) is 5.11. The minimum atomic E-state index is -0.109. The first-order chi connectivity index (χ1) is 23.6. The fourth-order valence-electron chi connectivity index (χ4n) is 8.16. The van der Waals surface area contributed by atoms with Gasteiger partial charge in [0.2, 0.25) is 0 Å². The van der Waals surface area contributed by atoms with Gasteiger partial charge in [0.05, 0.1) is 0 Å². The average molecular weight is 614 g/mol. The standard InChI is InChI=1S/C47H35N/c1-47(2)43-27-14-13-20-36(43)41-25-15-26-42(46(41)47)45-39-23-11-9-21-37(39)44(38-22-10-12-24-40(38)45)32-28-30-35(31-29-32)48(33-16-5-3-6-17-33)34-18-7-4-8-19-34/h3-31H,1-2H3. The van der Waals surface area contributed by atoms with Crippen molar-refractivity contribution in [3.63, 3.8) is 0 Å². The maximum atomic E-state index is 2.38. The van der Waals surface area contributed by atoms with Gasteiger partial charge in [0.1, 0.15) is 0 Å². The molecule has 8 aromatic carbocycles. The molecule has 0 fully saturated rings. The van der Waals surface area contributed by atoms with Gasteiger partial charge < -0.3 is 4.90 Å². The maximum Gasteiger partial charge on any atom is 0.0462 e. The number of hydrogen-bond acceptors (Lipinski definition) is 1. The molecular weight excluding hydrogens is 579 g/mol. The molecule has 0 saturated heterocycles. The van der Waals surface area contributed by atoms with Gasteiger partial charge in [-0.25, -0.2) is 0 Å². The van der Waals surface area contributed by atoms with E-state index in [4.69, 9.17) is 0 Å². The fourth-order valence-corrected chi connectivity index (χ4v) is 8.16. The first kappa shape index (κ1) is 28.3. The average Bonchev–Trinajstić information content (AvgIpc) is 3.38. The Morgan fingerprint density at radius 2 is 0.792 bits per heavy atom. The van der Waals surface area contributed by atoms with Crippen LogP contribution in [0.4, 0.5) is 17.1 Å². The van der Waals surface area contributed by atoms with Crippen LogP contribution in [0.25, 0.3) is 54.9 Å². The van der Waals surface area contributed by atoms with Crippen LogP contribution in [-0.2, 0) is 5.41 Å². The van der Waals surface area contributed by atoms with Gasteiger partial charge >= 0.3 is 0 Å². The molecular formula is C47H35N. The second-order valence-electron chi connectivity index (χ2n) is 13.3. The Morgan fingerprint density at radius 3 is 1.38 bits per heavy atom. The second-order valence-corrected chi connectivity index (χ2v) is 13.3. The molecule has 0 radical (unpaired) electrons. The topological polar surface area (TPSA) is 3.24 Å². The van der Waals surface area contributed by atoms with Gasteiger partial charge in [-0.15, -0.1) is 0 Å². The summed E-state index contributed by atoms with van der Waals surface area (Å²) in [5.74, 6) is 0. The fraction of sp³-hybridized carbons (Fsp3) is 0.0638.